The number of aliphatic hydroxyl groups excluding tert-OH is 1. The maximum atomic E-state index is 12.9. The summed E-state index contributed by atoms with van der Waals surface area (Å²) in [5, 5.41) is 9.65. The van der Waals surface area contributed by atoms with Crippen molar-refractivity contribution in [1.29, 1.82) is 0 Å². The van der Waals surface area contributed by atoms with Crippen LogP contribution in [0.3, 0.4) is 0 Å². The van der Waals surface area contributed by atoms with Crippen LogP contribution in [-0.2, 0) is 0 Å². The zero-order valence-corrected chi connectivity index (χ0v) is 8.52. The molecule has 1 fully saturated rings. The van der Waals surface area contributed by atoms with Crippen molar-refractivity contribution in [3.05, 3.63) is 16.6 Å². The predicted octanol–water partition coefficient (Wildman–Crippen LogP) is 2.61. The first-order valence-electron chi connectivity index (χ1n) is 4.39. The van der Waals surface area contributed by atoms with E-state index in [0.717, 1.165) is 0 Å². The van der Waals surface area contributed by atoms with E-state index < -0.39 is 17.4 Å². The van der Waals surface area contributed by atoms with Gasteiger partial charge in [0.05, 0.1) is 16.5 Å². The summed E-state index contributed by atoms with van der Waals surface area (Å²) in [6.07, 6.45) is 0.720. The van der Waals surface area contributed by atoms with E-state index >= 15 is 0 Å². The highest BCUT2D eigenvalue weighted by atomic mass is 32.1. The number of aromatic nitrogens is 1. The molecule has 1 aliphatic rings. The molecule has 1 aliphatic carbocycles. The van der Waals surface area contributed by atoms with Gasteiger partial charge in [-0.15, -0.1) is 11.3 Å². The molecule has 2 nitrogen and oxygen atoms in total. The molecule has 1 heterocycles. The largest absolute Gasteiger partial charge is 0.387 e. The summed E-state index contributed by atoms with van der Waals surface area (Å²) in [5.74, 6) is -2.60. The van der Waals surface area contributed by atoms with Crippen molar-refractivity contribution >= 4 is 11.3 Å². The van der Waals surface area contributed by atoms with Crippen molar-refractivity contribution in [1.82, 2.24) is 4.98 Å². The molecule has 5 heteroatoms. The van der Waals surface area contributed by atoms with Gasteiger partial charge in [0.2, 0.25) is 0 Å². The molecule has 2 unspecified atom stereocenters. The second-order valence-electron chi connectivity index (χ2n) is 4.07. The summed E-state index contributed by atoms with van der Waals surface area (Å²) in [7, 11) is 0. The summed E-state index contributed by atoms with van der Waals surface area (Å²) in [6.45, 7) is 1.51. The zero-order valence-electron chi connectivity index (χ0n) is 7.70. The molecule has 0 spiro atoms. The number of nitrogens with zero attached hydrogens (tertiary/aromatic N) is 1. The second-order valence-corrected chi connectivity index (χ2v) is 4.98. The molecule has 1 aromatic rings. The number of alkyl halides is 2. The van der Waals surface area contributed by atoms with Crippen molar-refractivity contribution in [2.75, 3.05) is 0 Å². The van der Waals surface area contributed by atoms with Crippen LogP contribution < -0.4 is 0 Å². The summed E-state index contributed by atoms with van der Waals surface area (Å²) in [4.78, 5) is 4.46. The van der Waals surface area contributed by atoms with Gasteiger partial charge in [-0.1, -0.05) is 6.92 Å². The molecule has 78 valence electrons. The van der Waals surface area contributed by atoms with Crippen LogP contribution in [0.1, 0.15) is 30.7 Å². The minimum Gasteiger partial charge on any atom is -0.387 e. The summed E-state index contributed by atoms with van der Waals surface area (Å²) >= 11 is 1.29. The SMILES string of the molecule is CC1(CC(O)c2cncs2)CC1(F)F. The quantitative estimate of drug-likeness (QED) is 0.847. The summed E-state index contributed by atoms with van der Waals surface area (Å²) in [5.41, 5.74) is 0.572. The van der Waals surface area contributed by atoms with Gasteiger partial charge >= 0.3 is 0 Å². The van der Waals surface area contributed by atoms with Crippen LogP contribution in [0.15, 0.2) is 11.7 Å². The molecule has 0 aliphatic heterocycles. The Hall–Kier alpha value is -0.550. The van der Waals surface area contributed by atoms with E-state index in [2.05, 4.69) is 4.98 Å². The highest BCUT2D eigenvalue weighted by Gasteiger charge is 2.67. The fraction of sp³-hybridized carbons (Fsp3) is 0.667. The number of hydrogen-bond donors (Lipinski definition) is 1. The molecular formula is C9H11F2NOS. The van der Waals surface area contributed by atoms with Gasteiger partial charge in [-0.25, -0.2) is 8.78 Å². The Bertz CT molecular complexity index is 328. The minimum atomic E-state index is -2.60. The third kappa shape index (κ3) is 1.54. The van der Waals surface area contributed by atoms with Gasteiger partial charge in [0.25, 0.3) is 5.92 Å². The van der Waals surface area contributed by atoms with E-state index in [-0.39, 0.29) is 12.8 Å². The number of aliphatic hydroxyl groups is 1. The molecule has 0 saturated heterocycles. The monoisotopic (exact) mass is 219 g/mol. The van der Waals surface area contributed by atoms with Gasteiger partial charge in [0.15, 0.2) is 0 Å². The Morgan fingerprint density at radius 2 is 2.36 bits per heavy atom. The average molecular weight is 219 g/mol. The molecule has 0 amide bonds. The lowest BCUT2D eigenvalue weighted by molar-refractivity contribution is 0.0426. The van der Waals surface area contributed by atoms with Crippen LogP contribution in [0.4, 0.5) is 8.78 Å². The van der Waals surface area contributed by atoms with E-state index in [4.69, 9.17) is 0 Å². The number of halogens is 2. The first-order valence-corrected chi connectivity index (χ1v) is 5.27. The minimum absolute atomic E-state index is 0.113. The van der Waals surface area contributed by atoms with Crippen LogP contribution in [0.2, 0.25) is 0 Å². The Labute approximate surface area is 84.6 Å². The third-order valence-corrected chi connectivity index (χ3v) is 3.67. The average Bonchev–Trinajstić information content (AvgIpc) is 2.55. The maximum Gasteiger partial charge on any atom is 0.254 e. The van der Waals surface area contributed by atoms with Crippen molar-refractivity contribution in [3.8, 4) is 0 Å². The standard InChI is InChI=1S/C9H11F2NOS/c1-8(4-9(8,10)11)2-6(13)7-3-12-5-14-7/h3,5-6,13H,2,4H2,1H3. The van der Waals surface area contributed by atoms with E-state index in [1.807, 2.05) is 0 Å². The Balaban J connectivity index is 2.00. The Kier molecular flexibility index (Phi) is 2.12. The van der Waals surface area contributed by atoms with Crippen LogP contribution >= 0.6 is 11.3 Å². The van der Waals surface area contributed by atoms with Gasteiger partial charge < -0.3 is 5.11 Å². The fourth-order valence-corrected chi connectivity index (χ4v) is 2.19. The molecule has 1 saturated carbocycles. The third-order valence-electron chi connectivity index (χ3n) is 2.79. The fourth-order valence-electron chi connectivity index (χ4n) is 1.58. The van der Waals surface area contributed by atoms with Crippen molar-refractivity contribution < 1.29 is 13.9 Å². The van der Waals surface area contributed by atoms with Crippen LogP contribution in [0, 0.1) is 5.41 Å². The number of hydrogen-bond acceptors (Lipinski definition) is 3. The van der Waals surface area contributed by atoms with Gasteiger partial charge in [-0.3, -0.25) is 4.98 Å². The molecule has 0 aromatic carbocycles. The number of thiazole rings is 1. The summed E-state index contributed by atoms with van der Waals surface area (Å²) < 4.78 is 25.7. The zero-order chi connectivity index (χ0) is 10.4. The lowest BCUT2D eigenvalue weighted by Crippen LogP contribution is -2.11. The van der Waals surface area contributed by atoms with Crippen LogP contribution in [0.5, 0.6) is 0 Å². The molecule has 2 atom stereocenters. The highest BCUT2D eigenvalue weighted by Crippen LogP contribution is 2.63. The highest BCUT2D eigenvalue weighted by molar-refractivity contribution is 7.09. The smallest absolute Gasteiger partial charge is 0.254 e. The van der Waals surface area contributed by atoms with Crippen molar-refractivity contribution in [2.24, 2.45) is 5.41 Å². The molecule has 0 bridgehead atoms. The van der Waals surface area contributed by atoms with Gasteiger partial charge in [0.1, 0.15) is 0 Å². The summed E-state index contributed by atoms with van der Waals surface area (Å²) in [6, 6.07) is 0. The predicted molar refractivity (Wildman–Crippen MR) is 49.4 cm³/mol. The van der Waals surface area contributed by atoms with E-state index in [0.29, 0.717) is 4.88 Å². The normalized spacial score (nSPS) is 31.4. The van der Waals surface area contributed by atoms with Crippen molar-refractivity contribution in [3.63, 3.8) is 0 Å². The molecule has 14 heavy (non-hydrogen) atoms. The molecule has 2 rings (SSSR count). The lowest BCUT2D eigenvalue weighted by atomic mass is 10.00. The molecule has 1 aromatic heterocycles. The Morgan fingerprint density at radius 1 is 1.71 bits per heavy atom. The van der Waals surface area contributed by atoms with Gasteiger partial charge in [-0.2, -0.15) is 0 Å². The van der Waals surface area contributed by atoms with Crippen LogP contribution in [0.25, 0.3) is 0 Å². The van der Waals surface area contributed by atoms with E-state index in [1.165, 1.54) is 24.5 Å². The van der Waals surface area contributed by atoms with E-state index in [1.54, 1.807) is 5.51 Å². The Morgan fingerprint density at radius 3 is 2.79 bits per heavy atom. The van der Waals surface area contributed by atoms with Gasteiger partial charge in [-0.05, 0) is 6.42 Å². The van der Waals surface area contributed by atoms with Crippen molar-refractivity contribution in [2.45, 2.75) is 31.8 Å². The second kappa shape index (κ2) is 2.97. The first kappa shape index (κ1) is 9.98. The number of rotatable bonds is 3. The van der Waals surface area contributed by atoms with Gasteiger partial charge in [0, 0.05) is 18.0 Å². The van der Waals surface area contributed by atoms with Crippen LogP contribution in [-0.4, -0.2) is 16.0 Å². The molecular weight excluding hydrogens is 208 g/mol. The lowest BCUT2D eigenvalue weighted by Gasteiger charge is -2.13. The topological polar surface area (TPSA) is 33.1 Å². The molecule has 1 N–H and O–H groups in total. The van der Waals surface area contributed by atoms with E-state index in [9.17, 15) is 13.9 Å². The maximum absolute atomic E-state index is 12.9. The molecule has 0 radical (unpaired) electrons. The first-order chi connectivity index (χ1) is 6.45.